The Bertz CT molecular complexity index is 827. The van der Waals surface area contributed by atoms with E-state index in [1.165, 1.54) is 5.70 Å². The third-order valence-corrected chi connectivity index (χ3v) is 6.39. The molecule has 0 spiro atoms. The molecular formula is C24H35N5O3. The van der Waals surface area contributed by atoms with E-state index in [-0.39, 0.29) is 24.0 Å². The van der Waals surface area contributed by atoms with Crippen molar-refractivity contribution in [2.24, 2.45) is 16.6 Å². The fourth-order valence-electron chi connectivity index (χ4n) is 4.46. The number of ether oxygens (including phenoxy) is 2. The molecule has 0 radical (unpaired) electrons. The first kappa shape index (κ1) is 22.8. The largest absolute Gasteiger partial charge is 0.471 e. The standard InChI is InChI=1S/C24H35N5O3/c1-3-20-24(32-19-6-4-5-17(25)14-19)28-23(22(15-30)26-20)27-21-8-7-18(13-16(21)2)29-9-11-31-12-10-29/h4-8,13,15-17,20-22,24,26H,3,9-12,14,25H2,1-2H3,(H,27,28). The predicted octanol–water partition coefficient (Wildman–Crippen LogP) is 1.23. The van der Waals surface area contributed by atoms with Gasteiger partial charge in [-0.05, 0) is 18.6 Å². The van der Waals surface area contributed by atoms with E-state index in [0.717, 1.165) is 44.8 Å². The number of aliphatic imine (C=N–C) groups is 1. The van der Waals surface area contributed by atoms with Crippen molar-refractivity contribution in [1.82, 2.24) is 15.5 Å². The molecule has 6 atom stereocenters. The minimum absolute atomic E-state index is 0.0448. The molecule has 6 unspecified atom stereocenters. The molecule has 0 aromatic rings. The second-order valence-electron chi connectivity index (χ2n) is 8.78. The number of hydrogen-bond donors (Lipinski definition) is 3. The average Bonchev–Trinajstić information content (AvgIpc) is 2.81. The van der Waals surface area contributed by atoms with Crippen molar-refractivity contribution in [3.8, 4) is 0 Å². The maximum atomic E-state index is 11.8. The highest BCUT2D eigenvalue weighted by Gasteiger charge is 2.34. The fraction of sp³-hybridized carbons (Fsp3) is 0.583. The number of nitrogens with two attached hydrogens (primary N) is 1. The van der Waals surface area contributed by atoms with Crippen molar-refractivity contribution in [2.75, 3.05) is 26.3 Å². The zero-order valence-electron chi connectivity index (χ0n) is 18.9. The molecule has 0 aromatic heterocycles. The molecule has 2 aliphatic carbocycles. The number of amidine groups is 1. The zero-order chi connectivity index (χ0) is 22.5. The van der Waals surface area contributed by atoms with Crippen LogP contribution in [0.5, 0.6) is 0 Å². The summed E-state index contributed by atoms with van der Waals surface area (Å²) < 4.78 is 11.7. The average molecular weight is 442 g/mol. The van der Waals surface area contributed by atoms with Gasteiger partial charge in [-0.2, -0.15) is 0 Å². The molecule has 0 bridgehead atoms. The van der Waals surface area contributed by atoms with Gasteiger partial charge in [0.2, 0.25) is 6.23 Å². The van der Waals surface area contributed by atoms with Crippen LogP contribution < -0.4 is 16.4 Å². The molecule has 2 heterocycles. The fourth-order valence-corrected chi connectivity index (χ4v) is 4.46. The third kappa shape index (κ3) is 5.31. The van der Waals surface area contributed by atoms with E-state index in [1.807, 2.05) is 18.2 Å². The van der Waals surface area contributed by atoms with Crippen LogP contribution >= 0.6 is 0 Å². The van der Waals surface area contributed by atoms with Crippen LogP contribution in [-0.2, 0) is 14.3 Å². The van der Waals surface area contributed by atoms with Crippen LogP contribution in [0.1, 0.15) is 26.7 Å². The van der Waals surface area contributed by atoms with Gasteiger partial charge in [-0.1, -0.05) is 38.2 Å². The van der Waals surface area contributed by atoms with Crippen molar-refractivity contribution in [3.05, 3.63) is 47.9 Å². The highest BCUT2D eigenvalue weighted by atomic mass is 16.5. The van der Waals surface area contributed by atoms with E-state index in [2.05, 4.69) is 47.6 Å². The van der Waals surface area contributed by atoms with Crippen LogP contribution in [0, 0.1) is 5.92 Å². The van der Waals surface area contributed by atoms with Crippen LogP contribution in [0.2, 0.25) is 0 Å². The number of nitrogens with one attached hydrogen (secondary N) is 2. The number of rotatable bonds is 6. The Kier molecular flexibility index (Phi) is 7.44. The van der Waals surface area contributed by atoms with Gasteiger partial charge in [0, 0.05) is 37.2 Å². The number of carbonyl (C=O) groups excluding carboxylic acids is 1. The predicted molar refractivity (Wildman–Crippen MR) is 125 cm³/mol. The molecule has 1 saturated heterocycles. The van der Waals surface area contributed by atoms with E-state index in [0.29, 0.717) is 12.3 Å². The summed E-state index contributed by atoms with van der Waals surface area (Å²) in [4.78, 5) is 19.0. The van der Waals surface area contributed by atoms with Gasteiger partial charge in [-0.3, -0.25) is 5.32 Å². The van der Waals surface area contributed by atoms with Crippen LogP contribution in [0.15, 0.2) is 52.9 Å². The lowest BCUT2D eigenvalue weighted by Crippen LogP contribution is -2.59. The minimum atomic E-state index is -0.479. The summed E-state index contributed by atoms with van der Waals surface area (Å²) in [6.07, 6.45) is 14.4. The molecule has 32 heavy (non-hydrogen) atoms. The van der Waals surface area contributed by atoms with E-state index in [9.17, 15) is 4.79 Å². The summed E-state index contributed by atoms with van der Waals surface area (Å²) in [7, 11) is 0. The summed E-state index contributed by atoms with van der Waals surface area (Å²) in [5.74, 6) is 1.69. The van der Waals surface area contributed by atoms with Crippen molar-refractivity contribution in [2.45, 2.75) is 57.1 Å². The second kappa shape index (κ2) is 10.5. The molecule has 8 heteroatoms. The highest BCUT2D eigenvalue weighted by Crippen LogP contribution is 2.23. The SMILES string of the molecule is CCC1NC(C=O)C(NC2C=CC(N3CCOCC3)=CC2C)=NC1OC1=CC=CC(N)C1. The molecule has 0 amide bonds. The monoisotopic (exact) mass is 441 g/mol. The zero-order valence-corrected chi connectivity index (χ0v) is 18.9. The van der Waals surface area contributed by atoms with Gasteiger partial charge in [0.1, 0.15) is 23.9 Å². The summed E-state index contributed by atoms with van der Waals surface area (Å²) in [5.41, 5.74) is 7.26. The molecular weight excluding hydrogens is 406 g/mol. The van der Waals surface area contributed by atoms with Gasteiger partial charge < -0.3 is 30.2 Å². The summed E-state index contributed by atoms with van der Waals surface area (Å²) in [5, 5.41) is 6.89. The Hall–Kier alpha value is -2.42. The molecule has 1 fully saturated rings. The van der Waals surface area contributed by atoms with E-state index in [1.54, 1.807) is 0 Å². The number of aldehydes is 1. The molecule has 4 N–H and O–H groups in total. The molecule has 4 rings (SSSR count). The molecule has 0 aromatic carbocycles. The van der Waals surface area contributed by atoms with Crippen molar-refractivity contribution in [1.29, 1.82) is 0 Å². The molecule has 174 valence electrons. The molecule has 4 aliphatic rings. The topological polar surface area (TPSA) is 101 Å². The van der Waals surface area contributed by atoms with Crippen molar-refractivity contribution in [3.63, 3.8) is 0 Å². The number of morpholine rings is 1. The Balaban J connectivity index is 1.47. The van der Waals surface area contributed by atoms with Gasteiger partial charge in [0.25, 0.3) is 0 Å². The Labute approximate surface area is 190 Å². The Morgan fingerprint density at radius 2 is 2.19 bits per heavy atom. The quantitative estimate of drug-likeness (QED) is 0.533. The van der Waals surface area contributed by atoms with Gasteiger partial charge in [-0.25, -0.2) is 4.99 Å². The number of hydrogen-bond acceptors (Lipinski definition) is 8. The molecule has 8 nitrogen and oxygen atoms in total. The maximum absolute atomic E-state index is 11.8. The maximum Gasteiger partial charge on any atom is 0.206 e. The number of nitrogens with zero attached hydrogens (tertiary/aromatic N) is 2. The van der Waals surface area contributed by atoms with Crippen LogP contribution in [0.25, 0.3) is 0 Å². The van der Waals surface area contributed by atoms with Crippen molar-refractivity contribution < 1.29 is 14.3 Å². The normalized spacial score (nSPS) is 35.0. The van der Waals surface area contributed by atoms with Crippen LogP contribution in [-0.4, -0.2) is 73.7 Å². The minimum Gasteiger partial charge on any atom is -0.471 e. The molecule has 2 aliphatic heterocycles. The summed E-state index contributed by atoms with van der Waals surface area (Å²) >= 11 is 0. The third-order valence-electron chi connectivity index (χ3n) is 6.39. The summed E-state index contributed by atoms with van der Waals surface area (Å²) in [6, 6.07) is -0.526. The number of allylic oxidation sites excluding steroid dienone is 3. The highest BCUT2D eigenvalue weighted by molar-refractivity contribution is 6.00. The lowest BCUT2D eigenvalue weighted by molar-refractivity contribution is -0.108. The van der Waals surface area contributed by atoms with E-state index in [4.69, 9.17) is 20.2 Å². The van der Waals surface area contributed by atoms with Crippen molar-refractivity contribution >= 4 is 12.1 Å². The number of carbonyl (C=O) groups is 1. The van der Waals surface area contributed by atoms with E-state index >= 15 is 0 Å². The smallest absolute Gasteiger partial charge is 0.206 e. The Morgan fingerprint density at radius 1 is 1.38 bits per heavy atom. The lowest BCUT2D eigenvalue weighted by atomic mass is 9.94. The van der Waals surface area contributed by atoms with E-state index < -0.39 is 12.3 Å². The van der Waals surface area contributed by atoms with Gasteiger partial charge in [0.15, 0.2) is 0 Å². The second-order valence-corrected chi connectivity index (χ2v) is 8.78. The van der Waals surface area contributed by atoms with Crippen LogP contribution in [0.3, 0.4) is 0 Å². The van der Waals surface area contributed by atoms with Gasteiger partial charge in [-0.15, -0.1) is 0 Å². The first-order valence-corrected chi connectivity index (χ1v) is 11.6. The lowest BCUT2D eigenvalue weighted by Gasteiger charge is -2.37. The first-order chi connectivity index (χ1) is 15.6. The summed E-state index contributed by atoms with van der Waals surface area (Å²) in [6.45, 7) is 7.60. The molecule has 0 saturated carbocycles. The van der Waals surface area contributed by atoms with Gasteiger partial charge in [0.05, 0.1) is 25.3 Å². The van der Waals surface area contributed by atoms with Crippen LogP contribution in [0.4, 0.5) is 0 Å². The Morgan fingerprint density at radius 3 is 2.88 bits per heavy atom. The van der Waals surface area contributed by atoms with Gasteiger partial charge >= 0.3 is 0 Å². The first-order valence-electron chi connectivity index (χ1n) is 11.6.